The van der Waals surface area contributed by atoms with Crippen molar-refractivity contribution >= 4 is 19.8 Å². The van der Waals surface area contributed by atoms with E-state index in [1.165, 1.54) is 44.8 Å². The molecule has 0 saturated carbocycles. The second-order valence-corrected chi connectivity index (χ2v) is 13.3. The molecule has 0 bridgehead atoms. The predicted molar refractivity (Wildman–Crippen MR) is 72.0 cm³/mol. The molecule has 0 radical (unpaired) electrons. The van der Waals surface area contributed by atoms with E-state index in [-0.39, 0.29) is 0 Å². The molecule has 0 spiro atoms. The molecule has 0 aliphatic heterocycles. The summed E-state index contributed by atoms with van der Waals surface area (Å²) in [5.74, 6) is 0. The van der Waals surface area contributed by atoms with E-state index in [1.807, 2.05) is 0 Å². The van der Waals surface area contributed by atoms with Crippen molar-refractivity contribution in [2.75, 3.05) is 6.61 Å². The van der Waals surface area contributed by atoms with Gasteiger partial charge in [0.05, 0.1) is 0 Å². The van der Waals surface area contributed by atoms with Crippen LogP contribution in [0, 0.1) is 0 Å². The molecule has 0 heterocycles. The van der Waals surface area contributed by atoms with Crippen molar-refractivity contribution in [2.24, 2.45) is 0 Å². The molecule has 0 aromatic carbocycles. The SMILES string of the molecule is C=[C](OCC)[SnH]([CH2]CCC)[CH2]CCCC. The number of unbranched alkanes of at least 4 members (excludes halogenated alkanes) is 3. The Balaban J connectivity index is 3.87. The summed E-state index contributed by atoms with van der Waals surface area (Å²) >= 11 is -1.53. The molecule has 90 valence electrons. The summed E-state index contributed by atoms with van der Waals surface area (Å²) in [6.07, 6.45) is 6.83. The quantitative estimate of drug-likeness (QED) is 0.331. The van der Waals surface area contributed by atoms with Gasteiger partial charge in [0.2, 0.25) is 0 Å². The first kappa shape index (κ1) is 15.3. The van der Waals surface area contributed by atoms with Crippen LogP contribution in [0.1, 0.15) is 52.9 Å². The fourth-order valence-electron chi connectivity index (χ4n) is 1.86. The second kappa shape index (κ2) is 10.8. The Kier molecular flexibility index (Phi) is 11.1. The molecule has 0 saturated heterocycles. The van der Waals surface area contributed by atoms with Gasteiger partial charge in [0.15, 0.2) is 0 Å². The standard InChI is InChI=1S/C5H11.C4H7O.C4H9.Sn.H/c2*1-3-5-4-2;1-3-4-2;;/h1,3-5H2,2H3;1,4H2,2H3;1,3-4H2,2H3;;. The van der Waals surface area contributed by atoms with E-state index in [9.17, 15) is 0 Å². The van der Waals surface area contributed by atoms with Crippen molar-refractivity contribution in [1.29, 1.82) is 0 Å². The number of hydrogen-bond donors (Lipinski definition) is 0. The molecule has 15 heavy (non-hydrogen) atoms. The average molecular weight is 319 g/mol. The van der Waals surface area contributed by atoms with Crippen LogP contribution in [-0.2, 0) is 4.74 Å². The zero-order valence-corrected chi connectivity index (χ0v) is 14.1. The van der Waals surface area contributed by atoms with Crippen LogP contribution in [0.3, 0.4) is 0 Å². The van der Waals surface area contributed by atoms with Crippen LogP contribution in [0.15, 0.2) is 10.4 Å². The molecule has 0 aliphatic rings. The molecule has 0 rings (SSSR count). The molecular weight excluding hydrogens is 291 g/mol. The summed E-state index contributed by atoms with van der Waals surface area (Å²) in [5, 5.41) is 0. The van der Waals surface area contributed by atoms with E-state index in [4.69, 9.17) is 4.74 Å². The van der Waals surface area contributed by atoms with Gasteiger partial charge in [-0.15, -0.1) is 0 Å². The minimum absolute atomic E-state index is 0.812. The van der Waals surface area contributed by atoms with Gasteiger partial charge < -0.3 is 0 Å². The summed E-state index contributed by atoms with van der Waals surface area (Å²) in [5.41, 5.74) is 0. The van der Waals surface area contributed by atoms with Crippen molar-refractivity contribution < 1.29 is 4.74 Å². The van der Waals surface area contributed by atoms with E-state index in [2.05, 4.69) is 27.4 Å². The monoisotopic (exact) mass is 320 g/mol. The van der Waals surface area contributed by atoms with E-state index in [0.717, 1.165) is 6.61 Å². The summed E-state index contributed by atoms with van der Waals surface area (Å²) < 4.78 is 9.78. The third kappa shape index (κ3) is 8.18. The normalized spacial score (nSPS) is 12.5. The molecule has 1 nitrogen and oxygen atoms in total. The van der Waals surface area contributed by atoms with Crippen LogP contribution in [0.2, 0.25) is 8.87 Å². The Morgan fingerprint density at radius 1 is 1.00 bits per heavy atom. The van der Waals surface area contributed by atoms with Crippen molar-refractivity contribution in [3.8, 4) is 0 Å². The third-order valence-electron chi connectivity index (χ3n) is 2.85. The van der Waals surface area contributed by atoms with E-state index in [0.29, 0.717) is 0 Å². The van der Waals surface area contributed by atoms with E-state index >= 15 is 0 Å². The molecule has 0 aliphatic carbocycles. The van der Waals surface area contributed by atoms with Crippen molar-refractivity contribution in [3.05, 3.63) is 10.4 Å². The number of ether oxygens (including phenoxy) is 1. The fourth-order valence-corrected chi connectivity index (χ4v) is 10.5. The van der Waals surface area contributed by atoms with Gasteiger partial charge in [-0.05, 0) is 0 Å². The molecule has 2 heteroatoms. The molecule has 1 atom stereocenters. The third-order valence-corrected chi connectivity index (χ3v) is 12.2. The van der Waals surface area contributed by atoms with Crippen LogP contribution in [0.4, 0.5) is 0 Å². The Morgan fingerprint density at radius 3 is 2.13 bits per heavy atom. The average Bonchev–Trinajstić information content (AvgIpc) is 2.23. The van der Waals surface area contributed by atoms with Gasteiger partial charge in [-0.2, -0.15) is 0 Å². The van der Waals surface area contributed by atoms with Gasteiger partial charge >= 0.3 is 103 Å². The Morgan fingerprint density at radius 2 is 1.60 bits per heavy atom. The molecule has 0 aromatic heterocycles. The van der Waals surface area contributed by atoms with Crippen LogP contribution in [-0.4, -0.2) is 26.4 Å². The summed E-state index contributed by atoms with van der Waals surface area (Å²) in [6.45, 7) is 11.6. The molecule has 0 aromatic rings. The Labute approximate surface area is 103 Å². The predicted octanol–water partition coefficient (Wildman–Crippen LogP) is 4.29. The zero-order chi connectivity index (χ0) is 11.5. The van der Waals surface area contributed by atoms with Gasteiger partial charge in [0.25, 0.3) is 0 Å². The van der Waals surface area contributed by atoms with Crippen LogP contribution < -0.4 is 0 Å². The summed E-state index contributed by atoms with van der Waals surface area (Å²) in [4.78, 5) is 0. The van der Waals surface area contributed by atoms with Crippen LogP contribution in [0.25, 0.3) is 0 Å². The molecule has 0 fully saturated rings. The first-order valence-electron chi connectivity index (χ1n) is 6.57. The molecule has 1 unspecified atom stereocenters. The second-order valence-electron chi connectivity index (χ2n) is 4.23. The van der Waals surface area contributed by atoms with Crippen molar-refractivity contribution in [1.82, 2.24) is 0 Å². The van der Waals surface area contributed by atoms with Gasteiger partial charge in [-0.3, -0.25) is 0 Å². The summed E-state index contributed by atoms with van der Waals surface area (Å²) in [6, 6.07) is 0. The van der Waals surface area contributed by atoms with Crippen LogP contribution >= 0.6 is 0 Å². The van der Waals surface area contributed by atoms with Crippen molar-refractivity contribution in [2.45, 2.75) is 61.7 Å². The maximum atomic E-state index is 5.63. The summed E-state index contributed by atoms with van der Waals surface area (Å²) in [7, 11) is 0. The van der Waals surface area contributed by atoms with Gasteiger partial charge in [-0.1, -0.05) is 0 Å². The van der Waals surface area contributed by atoms with E-state index < -0.39 is 19.8 Å². The Hall–Kier alpha value is 0.339. The van der Waals surface area contributed by atoms with Crippen LogP contribution in [0.5, 0.6) is 0 Å². The number of hydrogen-bond acceptors (Lipinski definition) is 1. The molecule has 0 amide bonds. The topological polar surface area (TPSA) is 9.23 Å². The fraction of sp³-hybridized carbons (Fsp3) is 0.846. The van der Waals surface area contributed by atoms with Gasteiger partial charge in [0, 0.05) is 0 Å². The minimum atomic E-state index is -1.53. The van der Waals surface area contributed by atoms with Gasteiger partial charge in [0.1, 0.15) is 0 Å². The molecule has 0 N–H and O–H groups in total. The first-order chi connectivity index (χ1) is 7.26. The number of rotatable bonds is 10. The van der Waals surface area contributed by atoms with Gasteiger partial charge in [-0.25, -0.2) is 0 Å². The maximum absolute atomic E-state index is 5.63. The zero-order valence-electron chi connectivity index (χ0n) is 10.8. The first-order valence-corrected chi connectivity index (χ1v) is 12.9. The Bertz CT molecular complexity index is 157. The van der Waals surface area contributed by atoms with Crippen molar-refractivity contribution in [3.63, 3.8) is 0 Å². The van der Waals surface area contributed by atoms with E-state index in [1.54, 1.807) is 0 Å². The molecular formula is C13H28OSn.